The van der Waals surface area contributed by atoms with Crippen molar-refractivity contribution in [1.29, 1.82) is 0 Å². The number of nitrogens with zero attached hydrogens (tertiary/aromatic N) is 2. The molecule has 3 N–H and O–H groups in total. The van der Waals surface area contributed by atoms with Gasteiger partial charge in [0.2, 0.25) is 0 Å². The fraction of sp³-hybridized carbons (Fsp3) is 0.556. The molecule has 1 aromatic heterocycles. The second-order valence-corrected chi connectivity index (χ2v) is 8.22. The van der Waals surface area contributed by atoms with Crippen molar-refractivity contribution in [1.82, 2.24) is 15.2 Å². The molecule has 0 bridgehead atoms. The van der Waals surface area contributed by atoms with Crippen LogP contribution in [-0.2, 0) is 11.8 Å². The van der Waals surface area contributed by atoms with E-state index in [1.165, 1.54) is 6.33 Å². The van der Waals surface area contributed by atoms with E-state index in [1.54, 1.807) is 0 Å². The highest BCUT2D eigenvalue weighted by atomic mass is 35.5. The van der Waals surface area contributed by atoms with E-state index < -0.39 is 0 Å². The summed E-state index contributed by atoms with van der Waals surface area (Å²) in [6.45, 7) is 0. The van der Waals surface area contributed by atoms with Gasteiger partial charge in [-0.1, -0.05) is 17.7 Å². The first-order chi connectivity index (χ1) is 12.1. The quantitative estimate of drug-likeness (QED) is 0.691. The van der Waals surface area contributed by atoms with Crippen LogP contribution in [0.25, 0.3) is 0 Å². The van der Waals surface area contributed by atoms with Gasteiger partial charge in [-0.25, -0.2) is 4.98 Å². The van der Waals surface area contributed by atoms with E-state index in [-0.39, 0.29) is 16.9 Å². The van der Waals surface area contributed by atoms with Crippen molar-refractivity contribution in [2.45, 2.75) is 61.5 Å². The van der Waals surface area contributed by atoms with E-state index in [9.17, 15) is 5.11 Å². The standard InChI is InChI=1S/C18H22Cl2N4O/c19-14-7-11(18(8-16(18)20)9-17-21-10-22-24-17)1-6-15(14)23-12-2-4-13(25)5-3-12/h1,6-7,10,12-13,16,23,25H,2-5,8-9H2,(H,21,22,24). The highest BCUT2D eigenvalue weighted by Crippen LogP contribution is 2.54. The average Bonchev–Trinajstić information content (AvgIpc) is 3.00. The predicted molar refractivity (Wildman–Crippen MR) is 99.4 cm³/mol. The van der Waals surface area contributed by atoms with Crippen LogP contribution in [0.15, 0.2) is 24.5 Å². The Balaban J connectivity index is 1.49. The first-order valence-corrected chi connectivity index (χ1v) is 9.61. The van der Waals surface area contributed by atoms with E-state index in [1.807, 2.05) is 12.1 Å². The largest absolute Gasteiger partial charge is 0.393 e. The summed E-state index contributed by atoms with van der Waals surface area (Å²) in [5, 5.41) is 20.8. The van der Waals surface area contributed by atoms with Gasteiger partial charge in [-0.15, -0.1) is 11.6 Å². The molecule has 2 unspecified atom stereocenters. The van der Waals surface area contributed by atoms with Crippen molar-refractivity contribution in [2.75, 3.05) is 5.32 Å². The Morgan fingerprint density at radius 1 is 1.28 bits per heavy atom. The first kappa shape index (κ1) is 17.1. The molecule has 2 saturated carbocycles. The smallest absolute Gasteiger partial charge is 0.137 e. The number of H-pyrrole nitrogens is 1. The van der Waals surface area contributed by atoms with Crippen LogP contribution in [0.2, 0.25) is 5.02 Å². The van der Waals surface area contributed by atoms with Crippen LogP contribution in [0.4, 0.5) is 5.69 Å². The molecular weight excluding hydrogens is 359 g/mol. The third kappa shape index (κ3) is 3.50. The number of nitrogens with one attached hydrogen (secondary N) is 2. The van der Waals surface area contributed by atoms with Crippen LogP contribution in [0.1, 0.15) is 43.5 Å². The summed E-state index contributed by atoms with van der Waals surface area (Å²) in [7, 11) is 0. The van der Waals surface area contributed by atoms with Gasteiger partial charge in [0.1, 0.15) is 12.2 Å². The third-order valence-corrected chi connectivity index (χ3v) is 6.42. The molecule has 2 atom stereocenters. The molecule has 4 rings (SSSR count). The average molecular weight is 381 g/mol. The molecule has 2 fully saturated rings. The lowest BCUT2D eigenvalue weighted by Gasteiger charge is -2.27. The van der Waals surface area contributed by atoms with Crippen molar-refractivity contribution in [3.05, 3.63) is 40.9 Å². The Kier molecular flexibility index (Phi) is 4.65. The van der Waals surface area contributed by atoms with E-state index in [2.05, 4.69) is 26.6 Å². The molecule has 2 aliphatic carbocycles. The zero-order chi connectivity index (χ0) is 17.4. The Bertz CT molecular complexity index is 731. The van der Waals surface area contributed by atoms with Crippen LogP contribution in [0.3, 0.4) is 0 Å². The van der Waals surface area contributed by atoms with E-state index in [4.69, 9.17) is 23.2 Å². The van der Waals surface area contributed by atoms with E-state index >= 15 is 0 Å². The maximum Gasteiger partial charge on any atom is 0.137 e. The molecule has 0 saturated heterocycles. The Morgan fingerprint density at radius 3 is 2.64 bits per heavy atom. The van der Waals surface area contributed by atoms with Gasteiger partial charge in [0.05, 0.1) is 16.8 Å². The summed E-state index contributed by atoms with van der Waals surface area (Å²) in [6.07, 6.45) is 6.67. The number of hydrogen-bond donors (Lipinski definition) is 3. The molecule has 25 heavy (non-hydrogen) atoms. The van der Waals surface area contributed by atoms with Crippen LogP contribution in [0, 0.1) is 0 Å². The van der Waals surface area contributed by atoms with Gasteiger partial charge in [0.25, 0.3) is 0 Å². The van der Waals surface area contributed by atoms with E-state index in [0.29, 0.717) is 6.04 Å². The molecule has 134 valence electrons. The second-order valence-electron chi connectivity index (χ2n) is 7.28. The summed E-state index contributed by atoms with van der Waals surface area (Å²) >= 11 is 13.0. The Morgan fingerprint density at radius 2 is 2.04 bits per heavy atom. The molecule has 2 aliphatic rings. The zero-order valence-corrected chi connectivity index (χ0v) is 15.4. The molecule has 0 aliphatic heterocycles. The zero-order valence-electron chi connectivity index (χ0n) is 13.9. The van der Waals surface area contributed by atoms with Crippen molar-refractivity contribution in [3.63, 3.8) is 0 Å². The summed E-state index contributed by atoms with van der Waals surface area (Å²) in [5.41, 5.74) is 1.99. The molecule has 1 aromatic carbocycles. The molecule has 1 heterocycles. The highest BCUT2D eigenvalue weighted by Gasteiger charge is 2.55. The molecule has 0 radical (unpaired) electrons. The monoisotopic (exact) mass is 380 g/mol. The van der Waals surface area contributed by atoms with Crippen LogP contribution in [0.5, 0.6) is 0 Å². The number of anilines is 1. The summed E-state index contributed by atoms with van der Waals surface area (Å²) in [4.78, 5) is 4.23. The van der Waals surface area contributed by atoms with Gasteiger partial charge in [-0.2, -0.15) is 5.10 Å². The molecule has 7 heteroatoms. The number of rotatable bonds is 5. The predicted octanol–water partition coefficient (Wildman–Crippen LogP) is 3.67. The van der Waals surface area contributed by atoms with Crippen molar-refractivity contribution in [2.24, 2.45) is 0 Å². The number of aliphatic hydroxyl groups excluding tert-OH is 1. The molecule has 5 nitrogen and oxygen atoms in total. The van der Waals surface area contributed by atoms with Crippen molar-refractivity contribution >= 4 is 28.9 Å². The van der Waals surface area contributed by atoms with Gasteiger partial charge < -0.3 is 10.4 Å². The third-order valence-electron chi connectivity index (χ3n) is 5.53. The summed E-state index contributed by atoms with van der Waals surface area (Å²) in [6, 6.07) is 6.56. The van der Waals surface area contributed by atoms with Crippen LogP contribution < -0.4 is 5.32 Å². The molecule has 2 aromatic rings. The second kappa shape index (κ2) is 6.78. The van der Waals surface area contributed by atoms with Gasteiger partial charge >= 0.3 is 0 Å². The maximum absolute atomic E-state index is 9.63. The fourth-order valence-electron chi connectivity index (χ4n) is 3.84. The van der Waals surface area contributed by atoms with Gasteiger partial charge in [0.15, 0.2) is 0 Å². The first-order valence-electron chi connectivity index (χ1n) is 8.80. The Labute approximate surface area is 157 Å². The Hall–Kier alpha value is -1.30. The number of halogens is 2. The number of aromatic amines is 1. The topological polar surface area (TPSA) is 73.8 Å². The van der Waals surface area contributed by atoms with E-state index in [0.717, 1.165) is 60.6 Å². The number of alkyl halides is 1. The molecule has 0 amide bonds. The SMILES string of the molecule is OC1CCC(Nc2ccc(C3(Cc4ncn[nH]4)CC3Cl)cc2Cl)CC1. The fourth-order valence-corrected chi connectivity index (χ4v) is 4.55. The molecular formula is C18H22Cl2N4O. The van der Waals surface area contributed by atoms with Crippen molar-refractivity contribution in [3.8, 4) is 0 Å². The maximum atomic E-state index is 9.63. The lowest BCUT2D eigenvalue weighted by atomic mass is 9.91. The van der Waals surface area contributed by atoms with Gasteiger partial charge in [-0.3, -0.25) is 5.10 Å². The number of benzene rings is 1. The van der Waals surface area contributed by atoms with Gasteiger partial charge in [-0.05, 0) is 49.8 Å². The highest BCUT2D eigenvalue weighted by molar-refractivity contribution is 6.33. The minimum Gasteiger partial charge on any atom is -0.393 e. The minimum atomic E-state index is -0.151. The number of aliphatic hydroxyl groups is 1. The van der Waals surface area contributed by atoms with Crippen LogP contribution >= 0.6 is 23.2 Å². The summed E-state index contributed by atoms with van der Waals surface area (Å²) in [5.74, 6) is 0.849. The lowest BCUT2D eigenvalue weighted by molar-refractivity contribution is 0.126. The summed E-state index contributed by atoms with van der Waals surface area (Å²) < 4.78 is 0. The van der Waals surface area contributed by atoms with Crippen molar-refractivity contribution < 1.29 is 5.11 Å². The normalized spacial score (nSPS) is 31.7. The minimum absolute atomic E-state index is 0.0901. The number of aromatic nitrogens is 3. The number of hydrogen-bond acceptors (Lipinski definition) is 4. The van der Waals surface area contributed by atoms with Crippen LogP contribution in [-0.4, -0.2) is 37.8 Å². The molecule has 0 spiro atoms. The lowest BCUT2D eigenvalue weighted by Crippen LogP contribution is -2.28. The van der Waals surface area contributed by atoms with Gasteiger partial charge in [0, 0.05) is 23.3 Å².